The molecule has 0 unspecified atom stereocenters. The van der Waals surface area contributed by atoms with E-state index in [4.69, 9.17) is 27.3 Å². The molecule has 1 aromatic carbocycles. The highest BCUT2D eigenvalue weighted by Crippen LogP contribution is 2.35. The summed E-state index contributed by atoms with van der Waals surface area (Å²) in [6.07, 6.45) is 10.9. The molecule has 2 heterocycles. The zero-order valence-corrected chi connectivity index (χ0v) is 20.9. The first-order valence-corrected chi connectivity index (χ1v) is 11.8. The molecule has 0 amide bonds. The molecule has 10 heteroatoms. The summed E-state index contributed by atoms with van der Waals surface area (Å²) in [4.78, 5) is 14.3. The van der Waals surface area contributed by atoms with Crippen LogP contribution in [0, 0.1) is 0 Å². The van der Waals surface area contributed by atoms with E-state index in [1.807, 2.05) is 30.5 Å². The van der Waals surface area contributed by atoms with Gasteiger partial charge in [-0.15, -0.1) is 24.8 Å². The monoisotopic (exact) mass is 511 g/mol. The third-order valence-electron chi connectivity index (χ3n) is 6.62. The zero-order chi connectivity index (χ0) is 21.2. The number of rotatable bonds is 6. The Morgan fingerprint density at radius 3 is 2.45 bits per heavy atom. The maximum Gasteiger partial charge on any atom is 0.224 e. The molecule has 0 radical (unpaired) electrons. The second kappa shape index (κ2) is 11.6. The Hall–Kier alpha value is -1.80. The smallest absolute Gasteiger partial charge is 0.224 e. The fourth-order valence-electron chi connectivity index (χ4n) is 4.86. The third kappa shape index (κ3) is 5.83. The van der Waals surface area contributed by atoms with Crippen molar-refractivity contribution in [2.45, 2.75) is 76.0 Å². The first-order chi connectivity index (χ1) is 15.2. The van der Waals surface area contributed by atoms with Crippen LogP contribution in [0.4, 0.5) is 11.9 Å². The number of nitrogens with two attached hydrogens (primary N) is 1. The summed E-state index contributed by atoms with van der Waals surface area (Å²) in [5.74, 6) is 1.53. The van der Waals surface area contributed by atoms with Crippen molar-refractivity contribution in [1.82, 2.24) is 19.5 Å². The maximum atomic E-state index is 6.35. The van der Waals surface area contributed by atoms with Crippen molar-refractivity contribution in [2.24, 2.45) is 5.73 Å². The van der Waals surface area contributed by atoms with E-state index in [2.05, 4.69) is 20.2 Å². The van der Waals surface area contributed by atoms with Crippen molar-refractivity contribution in [3.8, 4) is 0 Å². The van der Waals surface area contributed by atoms with Gasteiger partial charge in [-0.3, -0.25) is 4.57 Å². The summed E-state index contributed by atoms with van der Waals surface area (Å²) in [6, 6.07) is 9.04. The second-order valence-electron chi connectivity index (χ2n) is 8.85. The number of hydrogen-bond donors (Lipinski definition) is 3. The van der Waals surface area contributed by atoms with Crippen LogP contribution in [-0.2, 0) is 6.54 Å². The van der Waals surface area contributed by atoms with Crippen molar-refractivity contribution in [2.75, 3.05) is 10.6 Å². The molecule has 3 aromatic rings. The summed E-state index contributed by atoms with van der Waals surface area (Å²) in [5, 5.41) is 7.80. The van der Waals surface area contributed by atoms with Gasteiger partial charge in [0.1, 0.15) is 5.52 Å². The maximum absolute atomic E-state index is 6.35. The van der Waals surface area contributed by atoms with Gasteiger partial charge in [-0.05, 0) is 50.2 Å². The molecule has 0 bridgehead atoms. The minimum absolute atomic E-state index is 0. The highest BCUT2D eigenvalue weighted by Gasteiger charge is 2.25. The molecule has 7 nitrogen and oxygen atoms in total. The fraction of sp³-hybridized carbons (Fsp3) is 0.522. The molecule has 2 aliphatic rings. The van der Waals surface area contributed by atoms with E-state index in [1.165, 1.54) is 12.8 Å². The van der Waals surface area contributed by atoms with Crippen LogP contribution in [-0.4, -0.2) is 31.6 Å². The lowest BCUT2D eigenvalue weighted by atomic mass is 9.92. The normalized spacial score (nSPS) is 20.8. The Morgan fingerprint density at radius 2 is 1.73 bits per heavy atom. The number of nitrogens with zero attached hydrogens (tertiary/aromatic N) is 4. The van der Waals surface area contributed by atoms with Crippen LogP contribution in [0.2, 0.25) is 5.02 Å². The van der Waals surface area contributed by atoms with Crippen molar-refractivity contribution in [1.29, 1.82) is 0 Å². The molecule has 0 saturated heterocycles. The summed E-state index contributed by atoms with van der Waals surface area (Å²) >= 11 is 6.35. The SMILES string of the molecule is Cl.Cl.NC1CCC(Nc2ncc3nc(NCc4ccccc4Cl)n(C4CCCC4)c3n2)CC1. The van der Waals surface area contributed by atoms with Crippen LogP contribution < -0.4 is 16.4 Å². The van der Waals surface area contributed by atoms with Crippen LogP contribution >= 0.6 is 36.4 Å². The lowest BCUT2D eigenvalue weighted by Crippen LogP contribution is -2.33. The summed E-state index contributed by atoms with van der Waals surface area (Å²) < 4.78 is 2.28. The number of anilines is 2. The van der Waals surface area contributed by atoms with Crippen LogP contribution in [0.3, 0.4) is 0 Å². The summed E-state index contributed by atoms with van der Waals surface area (Å²) in [5.41, 5.74) is 8.83. The first-order valence-electron chi connectivity index (χ1n) is 11.4. The van der Waals surface area contributed by atoms with E-state index < -0.39 is 0 Å². The predicted octanol–water partition coefficient (Wildman–Crippen LogP) is 5.73. The van der Waals surface area contributed by atoms with Gasteiger partial charge in [0.2, 0.25) is 11.9 Å². The van der Waals surface area contributed by atoms with Gasteiger partial charge < -0.3 is 16.4 Å². The van der Waals surface area contributed by atoms with E-state index in [1.54, 1.807) is 0 Å². The lowest BCUT2D eigenvalue weighted by Gasteiger charge is -2.26. The Bertz CT molecular complexity index is 1040. The second-order valence-corrected chi connectivity index (χ2v) is 9.25. The van der Waals surface area contributed by atoms with Gasteiger partial charge in [0, 0.05) is 29.7 Å². The van der Waals surface area contributed by atoms with Crippen molar-refractivity contribution < 1.29 is 0 Å². The molecule has 4 N–H and O–H groups in total. The Balaban J connectivity index is 0.00000153. The molecular weight excluding hydrogens is 481 g/mol. The standard InChI is InChI=1S/C23H30ClN7.2ClH/c24-19-8-4-1-5-15(19)13-27-23-29-20-14-26-22(28-17-11-9-16(25)10-12-17)30-21(20)31(23)18-6-2-3-7-18;;/h1,4-5,8,14,16-18H,2-3,6-7,9-13,25H2,(H,27,29)(H,26,28,30);2*1H. The van der Waals surface area contributed by atoms with E-state index >= 15 is 0 Å². The number of benzene rings is 1. The average Bonchev–Trinajstić information content (AvgIpc) is 3.42. The van der Waals surface area contributed by atoms with Crippen molar-refractivity contribution in [3.63, 3.8) is 0 Å². The van der Waals surface area contributed by atoms with Gasteiger partial charge in [-0.1, -0.05) is 42.6 Å². The van der Waals surface area contributed by atoms with Gasteiger partial charge in [0.15, 0.2) is 5.65 Å². The molecule has 180 valence electrons. The molecule has 5 rings (SSSR count). The van der Waals surface area contributed by atoms with Crippen LogP contribution in [0.25, 0.3) is 11.2 Å². The minimum atomic E-state index is 0. The molecule has 0 aliphatic heterocycles. The van der Waals surface area contributed by atoms with E-state index in [-0.39, 0.29) is 24.8 Å². The minimum Gasteiger partial charge on any atom is -0.351 e. The van der Waals surface area contributed by atoms with Crippen LogP contribution in [0.15, 0.2) is 30.5 Å². The van der Waals surface area contributed by atoms with Crippen LogP contribution in [0.5, 0.6) is 0 Å². The number of aromatic nitrogens is 4. The average molecular weight is 513 g/mol. The molecule has 2 aliphatic carbocycles. The predicted molar refractivity (Wildman–Crippen MR) is 140 cm³/mol. The molecule has 2 fully saturated rings. The van der Waals surface area contributed by atoms with Crippen molar-refractivity contribution >= 4 is 59.5 Å². The molecular formula is C23H32Cl3N7. The fourth-order valence-corrected chi connectivity index (χ4v) is 5.06. The molecule has 2 saturated carbocycles. The van der Waals surface area contributed by atoms with Gasteiger partial charge in [-0.25, -0.2) is 9.97 Å². The van der Waals surface area contributed by atoms with E-state index in [9.17, 15) is 0 Å². The Labute approximate surface area is 212 Å². The van der Waals surface area contributed by atoms with Gasteiger partial charge in [-0.2, -0.15) is 4.98 Å². The largest absolute Gasteiger partial charge is 0.351 e. The molecule has 0 atom stereocenters. The number of hydrogen-bond acceptors (Lipinski definition) is 6. The Kier molecular flexibility index (Phi) is 9.04. The summed E-state index contributed by atoms with van der Waals surface area (Å²) in [6.45, 7) is 0.622. The van der Waals surface area contributed by atoms with Gasteiger partial charge >= 0.3 is 0 Å². The summed E-state index contributed by atoms with van der Waals surface area (Å²) in [7, 11) is 0. The number of halogens is 3. The molecule has 2 aromatic heterocycles. The number of imidazole rings is 1. The number of fused-ring (bicyclic) bond motifs is 1. The molecule has 33 heavy (non-hydrogen) atoms. The van der Waals surface area contributed by atoms with Gasteiger partial charge in [0.25, 0.3) is 0 Å². The quantitative estimate of drug-likeness (QED) is 0.390. The van der Waals surface area contributed by atoms with Gasteiger partial charge in [0.05, 0.1) is 6.20 Å². The van der Waals surface area contributed by atoms with Crippen molar-refractivity contribution in [3.05, 3.63) is 41.0 Å². The number of nitrogens with one attached hydrogen (secondary N) is 2. The van der Waals surface area contributed by atoms with E-state index in [0.29, 0.717) is 30.6 Å². The van der Waals surface area contributed by atoms with E-state index in [0.717, 1.165) is 66.2 Å². The topological polar surface area (TPSA) is 93.7 Å². The third-order valence-corrected chi connectivity index (χ3v) is 6.99. The highest BCUT2D eigenvalue weighted by atomic mass is 35.5. The zero-order valence-electron chi connectivity index (χ0n) is 18.5. The lowest BCUT2D eigenvalue weighted by molar-refractivity contribution is 0.410. The molecule has 0 spiro atoms. The first kappa shape index (κ1) is 25.8. The van der Waals surface area contributed by atoms with Crippen LogP contribution in [0.1, 0.15) is 63.0 Å². The Morgan fingerprint density at radius 1 is 1.00 bits per heavy atom. The highest BCUT2D eigenvalue weighted by molar-refractivity contribution is 6.31.